The third-order valence-electron chi connectivity index (χ3n) is 2.77. The van der Waals surface area contributed by atoms with Gasteiger partial charge in [0, 0.05) is 36.4 Å². The number of hydrogen-bond donors (Lipinski definition) is 1. The van der Waals surface area contributed by atoms with Crippen LogP contribution in [0.15, 0.2) is 12.4 Å². The summed E-state index contributed by atoms with van der Waals surface area (Å²) in [6.45, 7) is 3.58. The molecule has 0 unspecified atom stereocenters. The number of carboxylic acid groups (broad SMARTS) is 1. The molecule has 0 aromatic carbocycles. The molecule has 0 saturated carbocycles. The molecule has 0 radical (unpaired) electrons. The lowest BCUT2D eigenvalue weighted by molar-refractivity contribution is -0.136. The van der Waals surface area contributed by atoms with Crippen molar-refractivity contribution in [1.82, 2.24) is 19.5 Å². The average Bonchev–Trinajstić information content (AvgIpc) is 2.69. The maximum Gasteiger partial charge on any atom is 0.307 e. The van der Waals surface area contributed by atoms with Crippen molar-refractivity contribution >= 4 is 5.97 Å². The Morgan fingerprint density at radius 1 is 1.33 bits per heavy atom. The summed E-state index contributed by atoms with van der Waals surface area (Å²) in [7, 11) is 1.86. The largest absolute Gasteiger partial charge is 0.481 e. The summed E-state index contributed by atoms with van der Waals surface area (Å²) >= 11 is 0. The third kappa shape index (κ3) is 2.22. The molecular weight excluding hydrogens is 232 g/mol. The van der Waals surface area contributed by atoms with Crippen molar-refractivity contribution in [2.45, 2.75) is 20.3 Å². The minimum absolute atomic E-state index is 0.0570. The topological polar surface area (TPSA) is 80.9 Å². The highest BCUT2D eigenvalue weighted by atomic mass is 16.4. The van der Waals surface area contributed by atoms with E-state index in [2.05, 4.69) is 15.0 Å². The Morgan fingerprint density at radius 2 is 1.94 bits per heavy atom. The zero-order chi connectivity index (χ0) is 13.3. The lowest BCUT2D eigenvalue weighted by Gasteiger charge is -2.09. The maximum absolute atomic E-state index is 10.8. The van der Waals surface area contributed by atoms with Crippen LogP contribution in [-0.4, -0.2) is 30.6 Å². The van der Waals surface area contributed by atoms with Crippen LogP contribution in [0.3, 0.4) is 0 Å². The molecule has 2 aromatic heterocycles. The molecule has 6 heteroatoms. The van der Waals surface area contributed by atoms with Gasteiger partial charge in [0.2, 0.25) is 0 Å². The first-order valence-corrected chi connectivity index (χ1v) is 5.52. The van der Waals surface area contributed by atoms with Crippen LogP contribution >= 0.6 is 0 Å². The Hall–Kier alpha value is -2.24. The average molecular weight is 246 g/mol. The standard InChI is InChI=1S/C12H14N4O2/c1-7-9(6-10(17)18)8(2)15-11(14-7)12-13-4-5-16(12)3/h4-5H,6H2,1-3H3,(H,17,18). The molecule has 0 spiro atoms. The number of aliphatic carboxylic acids is 1. The third-order valence-corrected chi connectivity index (χ3v) is 2.77. The summed E-state index contributed by atoms with van der Waals surface area (Å²) < 4.78 is 1.82. The number of imidazole rings is 1. The van der Waals surface area contributed by atoms with Crippen LogP contribution in [0.4, 0.5) is 0 Å². The zero-order valence-electron chi connectivity index (χ0n) is 10.5. The first-order valence-electron chi connectivity index (χ1n) is 5.52. The quantitative estimate of drug-likeness (QED) is 0.877. The number of carboxylic acids is 1. The van der Waals surface area contributed by atoms with E-state index in [-0.39, 0.29) is 6.42 Å². The van der Waals surface area contributed by atoms with Gasteiger partial charge in [-0.15, -0.1) is 0 Å². The maximum atomic E-state index is 10.8. The summed E-state index contributed by atoms with van der Waals surface area (Å²) in [6, 6.07) is 0. The van der Waals surface area contributed by atoms with Gasteiger partial charge in [-0.05, 0) is 13.8 Å². The number of hydrogen-bond acceptors (Lipinski definition) is 4. The molecule has 2 rings (SSSR count). The predicted molar refractivity (Wildman–Crippen MR) is 65.0 cm³/mol. The monoisotopic (exact) mass is 246 g/mol. The molecular formula is C12H14N4O2. The van der Waals surface area contributed by atoms with E-state index < -0.39 is 5.97 Å². The highest BCUT2D eigenvalue weighted by Crippen LogP contribution is 2.17. The second-order valence-corrected chi connectivity index (χ2v) is 4.13. The van der Waals surface area contributed by atoms with Gasteiger partial charge in [-0.25, -0.2) is 15.0 Å². The van der Waals surface area contributed by atoms with E-state index in [1.165, 1.54) is 0 Å². The van der Waals surface area contributed by atoms with Gasteiger partial charge in [-0.2, -0.15) is 0 Å². The number of rotatable bonds is 3. The Kier molecular flexibility index (Phi) is 3.10. The van der Waals surface area contributed by atoms with Crippen molar-refractivity contribution in [1.29, 1.82) is 0 Å². The lowest BCUT2D eigenvalue weighted by Crippen LogP contribution is -2.09. The van der Waals surface area contributed by atoms with Crippen LogP contribution in [0, 0.1) is 13.8 Å². The molecule has 0 amide bonds. The van der Waals surface area contributed by atoms with Gasteiger partial charge >= 0.3 is 5.97 Å². The smallest absolute Gasteiger partial charge is 0.307 e. The first kappa shape index (κ1) is 12.2. The fraction of sp³-hybridized carbons (Fsp3) is 0.333. The van der Waals surface area contributed by atoms with E-state index in [1.807, 2.05) is 17.8 Å². The van der Waals surface area contributed by atoms with Crippen molar-refractivity contribution in [3.63, 3.8) is 0 Å². The second kappa shape index (κ2) is 4.56. The molecule has 0 aliphatic heterocycles. The van der Waals surface area contributed by atoms with Gasteiger partial charge in [-0.3, -0.25) is 4.79 Å². The van der Waals surface area contributed by atoms with Crippen LogP contribution in [0.25, 0.3) is 11.6 Å². The summed E-state index contributed by atoms with van der Waals surface area (Å²) in [5.41, 5.74) is 2.03. The van der Waals surface area contributed by atoms with Crippen molar-refractivity contribution in [3.8, 4) is 11.6 Å². The molecule has 2 aromatic rings. The minimum atomic E-state index is -0.880. The molecule has 0 saturated heterocycles. The highest BCUT2D eigenvalue weighted by molar-refractivity contribution is 5.71. The molecule has 2 heterocycles. The van der Waals surface area contributed by atoms with Gasteiger partial charge < -0.3 is 9.67 Å². The number of aryl methyl sites for hydroxylation is 3. The summed E-state index contributed by atoms with van der Waals surface area (Å²) in [5.74, 6) is 0.309. The predicted octanol–water partition coefficient (Wildman–Crippen LogP) is 1.12. The Morgan fingerprint density at radius 3 is 2.39 bits per heavy atom. The Labute approximate surface area is 104 Å². The van der Waals surface area contributed by atoms with Crippen molar-refractivity contribution in [3.05, 3.63) is 29.3 Å². The molecule has 6 nitrogen and oxygen atoms in total. The molecule has 0 fully saturated rings. The molecule has 0 atom stereocenters. The van der Waals surface area contributed by atoms with Gasteiger partial charge in [0.25, 0.3) is 0 Å². The van der Waals surface area contributed by atoms with Crippen LogP contribution in [0.1, 0.15) is 17.0 Å². The number of aromatic nitrogens is 4. The van der Waals surface area contributed by atoms with Gasteiger partial charge in [0.05, 0.1) is 6.42 Å². The van der Waals surface area contributed by atoms with E-state index in [0.29, 0.717) is 28.6 Å². The molecule has 0 aliphatic rings. The summed E-state index contributed by atoms with van der Waals surface area (Å²) in [4.78, 5) is 23.6. The lowest BCUT2D eigenvalue weighted by atomic mass is 10.1. The van der Waals surface area contributed by atoms with Gasteiger partial charge in [-0.1, -0.05) is 0 Å². The van der Waals surface area contributed by atoms with Gasteiger partial charge in [0.1, 0.15) is 0 Å². The molecule has 0 bridgehead atoms. The van der Waals surface area contributed by atoms with E-state index in [9.17, 15) is 4.79 Å². The van der Waals surface area contributed by atoms with Crippen molar-refractivity contribution in [2.24, 2.45) is 7.05 Å². The second-order valence-electron chi connectivity index (χ2n) is 4.13. The van der Waals surface area contributed by atoms with Crippen molar-refractivity contribution in [2.75, 3.05) is 0 Å². The SMILES string of the molecule is Cc1nc(-c2nccn2C)nc(C)c1CC(=O)O. The van der Waals surface area contributed by atoms with Crippen LogP contribution < -0.4 is 0 Å². The number of carbonyl (C=O) groups is 1. The van der Waals surface area contributed by atoms with Gasteiger partial charge in [0.15, 0.2) is 11.6 Å². The fourth-order valence-electron chi connectivity index (χ4n) is 1.83. The van der Waals surface area contributed by atoms with E-state index in [1.54, 1.807) is 20.0 Å². The molecule has 94 valence electrons. The van der Waals surface area contributed by atoms with E-state index >= 15 is 0 Å². The highest BCUT2D eigenvalue weighted by Gasteiger charge is 2.14. The normalized spacial score (nSPS) is 10.6. The molecule has 0 aliphatic carbocycles. The van der Waals surface area contributed by atoms with Crippen LogP contribution in [0.5, 0.6) is 0 Å². The minimum Gasteiger partial charge on any atom is -0.481 e. The Balaban J connectivity index is 2.49. The van der Waals surface area contributed by atoms with E-state index in [4.69, 9.17) is 5.11 Å². The number of nitrogens with zero attached hydrogens (tertiary/aromatic N) is 4. The van der Waals surface area contributed by atoms with Crippen molar-refractivity contribution < 1.29 is 9.90 Å². The summed E-state index contributed by atoms with van der Waals surface area (Å²) in [5, 5.41) is 8.84. The van der Waals surface area contributed by atoms with Crippen LogP contribution in [0.2, 0.25) is 0 Å². The van der Waals surface area contributed by atoms with Crippen LogP contribution in [-0.2, 0) is 18.3 Å². The Bertz CT molecular complexity index is 581. The zero-order valence-corrected chi connectivity index (χ0v) is 10.5. The molecule has 1 N–H and O–H groups in total. The molecule has 18 heavy (non-hydrogen) atoms. The van der Waals surface area contributed by atoms with E-state index in [0.717, 1.165) is 0 Å². The fourth-order valence-corrected chi connectivity index (χ4v) is 1.83. The first-order chi connectivity index (χ1) is 8.49. The summed E-state index contributed by atoms with van der Waals surface area (Å²) in [6.07, 6.45) is 3.43.